The van der Waals surface area contributed by atoms with Gasteiger partial charge in [-0.3, -0.25) is 0 Å². The summed E-state index contributed by atoms with van der Waals surface area (Å²) < 4.78 is 12.4. The number of methoxy groups -OCH3 is 1. The van der Waals surface area contributed by atoms with E-state index in [9.17, 15) is 0 Å². The van der Waals surface area contributed by atoms with Gasteiger partial charge in [0.15, 0.2) is 11.5 Å². The van der Waals surface area contributed by atoms with Gasteiger partial charge in [-0.05, 0) is 12.1 Å². The van der Waals surface area contributed by atoms with Crippen molar-refractivity contribution in [2.24, 2.45) is 0 Å². The van der Waals surface area contributed by atoms with Gasteiger partial charge in [-0.1, -0.05) is 12.1 Å². The highest BCUT2D eigenvalue weighted by Gasteiger charge is 2.02. The third kappa shape index (κ3) is 2.87. The van der Waals surface area contributed by atoms with Gasteiger partial charge in [-0.2, -0.15) is 0 Å². The van der Waals surface area contributed by atoms with E-state index in [1.54, 1.807) is 18.1 Å². The molecule has 0 radical (unpaired) electrons. The van der Waals surface area contributed by atoms with Crippen LogP contribution in [-0.4, -0.2) is 28.5 Å². The molecule has 1 heterocycles. The van der Waals surface area contributed by atoms with Gasteiger partial charge in [0, 0.05) is 0 Å². The Balaban J connectivity index is 1.89. The number of nitrogens with two attached hydrogens (primary N) is 1. The van der Waals surface area contributed by atoms with Gasteiger partial charge in [0.25, 0.3) is 0 Å². The van der Waals surface area contributed by atoms with Crippen LogP contribution in [-0.2, 0) is 6.54 Å². The number of rotatable bonds is 5. The maximum absolute atomic E-state index is 5.59. The number of hydrogen-bond donors (Lipinski definition) is 1. The van der Waals surface area contributed by atoms with Gasteiger partial charge >= 0.3 is 0 Å². The van der Waals surface area contributed by atoms with Gasteiger partial charge in [0.2, 0.25) is 5.95 Å². The standard InChI is InChI=1S/C11H14N4O2/c1-16-9-4-2-3-5-10(9)17-7-6-15-8-13-11(12)14-15/h2-5,8H,6-7H2,1H3,(H2,12,14). The normalized spacial score (nSPS) is 10.2. The van der Waals surface area contributed by atoms with Crippen LogP contribution in [0.2, 0.25) is 0 Å². The third-order valence-electron chi connectivity index (χ3n) is 2.20. The first-order chi connectivity index (χ1) is 8.29. The summed E-state index contributed by atoms with van der Waals surface area (Å²) in [6.45, 7) is 1.06. The zero-order chi connectivity index (χ0) is 12.1. The van der Waals surface area contributed by atoms with Crippen molar-refractivity contribution in [3.8, 4) is 11.5 Å². The number of ether oxygens (including phenoxy) is 2. The lowest BCUT2D eigenvalue weighted by Crippen LogP contribution is -2.09. The second kappa shape index (κ2) is 5.20. The summed E-state index contributed by atoms with van der Waals surface area (Å²) in [7, 11) is 1.61. The summed E-state index contributed by atoms with van der Waals surface area (Å²) in [5.41, 5.74) is 5.40. The highest BCUT2D eigenvalue weighted by atomic mass is 16.5. The van der Waals surface area contributed by atoms with Crippen LogP contribution < -0.4 is 15.2 Å². The molecule has 0 aliphatic carbocycles. The maximum Gasteiger partial charge on any atom is 0.239 e. The van der Waals surface area contributed by atoms with E-state index in [4.69, 9.17) is 15.2 Å². The van der Waals surface area contributed by atoms with Crippen molar-refractivity contribution in [1.82, 2.24) is 14.8 Å². The van der Waals surface area contributed by atoms with Gasteiger partial charge < -0.3 is 15.2 Å². The molecular weight excluding hydrogens is 220 g/mol. The van der Waals surface area contributed by atoms with Crippen molar-refractivity contribution in [1.29, 1.82) is 0 Å². The molecule has 0 spiro atoms. The fourth-order valence-corrected chi connectivity index (χ4v) is 1.40. The molecule has 2 rings (SSSR count). The molecule has 0 unspecified atom stereocenters. The molecule has 1 aromatic heterocycles. The lowest BCUT2D eigenvalue weighted by molar-refractivity contribution is 0.274. The predicted molar refractivity (Wildman–Crippen MR) is 62.9 cm³/mol. The molecule has 0 fully saturated rings. The van der Waals surface area contributed by atoms with Crippen molar-refractivity contribution in [2.45, 2.75) is 6.54 Å². The van der Waals surface area contributed by atoms with Crippen LogP contribution >= 0.6 is 0 Å². The highest BCUT2D eigenvalue weighted by Crippen LogP contribution is 2.25. The summed E-state index contributed by atoms with van der Waals surface area (Å²) in [6, 6.07) is 7.49. The molecule has 6 heteroatoms. The first-order valence-electron chi connectivity index (χ1n) is 5.20. The average Bonchev–Trinajstić information content (AvgIpc) is 2.76. The summed E-state index contributed by atoms with van der Waals surface area (Å²) in [5.74, 6) is 1.69. The Morgan fingerprint density at radius 2 is 2.06 bits per heavy atom. The molecule has 0 aliphatic heterocycles. The monoisotopic (exact) mass is 234 g/mol. The summed E-state index contributed by atoms with van der Waals surface area (Å²) in [4.78, 5) is 3.83. The van der Waals surface area contributed by atoms with Crippen LogP contribution in [0.4, 0.5) is 5.95 Å². The molecule has 0 aliphatic rings. The van der Waals surface area contributed by atoms with Gasteiger partial charge in [-0.15, -0.1) is 5.10 Å². The Kier molecular flexibility index (Phi) is 3.44. The number of nitrogens with zero attached hydrogens (tertiary/aromatic N) is 3. The van der Waals surface area contributed by atoms with Crippen molar-refractivity contribution in [3.63, 3.8) is 0 Å². The van der Waals surface area contributed by atoms with E-state index in [-0.39, 0.29) is 5.95 Å². The summed E-state index contributed by atoms with van der Waals surface area (Å²) >= 11 is 0. The molecule has 17 heavy (non-hydrogen) atoms. The fraction of sp³-hybridized carbons (Fsp3) is 0.273. The van der Waals surface area contributed by atoms with E-state index < -0.39 is 0 Å². The molecule has 2 aromatic rings. The van der Waals surface area contributed by atoms with Crippen molar-refractivity contribution in [2.75, 3.05) is 19.5 Å². The van der Waals surface area contributed by atoms with Crippen LogP contribution in [0.3, 0.4) is 0 Å². The summed E-state index contributed by atoms with van der Waals surface area (Å²) in [5, 5.41) is 3.96. The molecule has 0 saturated carbocycles. The summed E-state index contributed by atoms with van der Waals surface area (Å²) in [6.07, 6.45) is 1.57. The second-order valence-electron chi connectivity index (χ2n) is 3.37. The molecule has 1 aromatic carbocycles. The third-order valence-corrected chi connectivity index (χ3v) is 2.20. The molecule has 0 atom stereocenters. The average molecular weight is 234 g/mol. The van der Waals surface area contributed by atoms with Gasteiger partial charge in [0.1, 0.15) is 12.9 Å². The SMILES string of the molecule is COc1ccccc1OCCn1cnc(N)n1. The Bertz CT molecular complexity index is 484. The number of anilines is 1. The first kappa shape index (κ1) is 11.3. The smallest absolute Gasteiger partial charge is 0.239 e. The Morgan fingerprint density at radius 3 is 2.71 bits per heavy atom. The predicted octanol–water partition coefficient (Wildman–Crippen LogP) is 0.948. The Labute approximate surface area is 99.0 Å². The zero-order valence-corrected chi connectivity index (χ0v) is 9.54. The number of nitrogen functional groups attached to an aromatic ring is 1. The molecule has 90 valence electrons. The van der Waals surface area contributed by atoms with Crippen molar-refractivity contribution in [3.05, 3.63) is 30.6 Å². The topological polar surface area (TPSA) is 75.2 Å². The van der Waals surface area contributed by atoms with Crippen LogP contribution in [0.15, 0.2) is 30.6 Å². The largest absolute Gasteiger partial charge is 0.493 e. The van der Waals surface area contributed by atoms with Crippen LogP contribution in [0.1, 0.15) is 0 Å². The van der Waals surface area contributed by atoms with Crippen LogP contribution in [0.5, 0.6) is 11.5 Å². The first-order valence-corrected chi connectivity index (χ1v) is 5.20. The molecule has 2 N–H and O–H groups in total. The maximum atomic E-state index is 5.59. The molecule has 6 nitrogen and oxygen atoms in total. The number of aromatic nitrogens is 3. The minimum Gasteiger partial charge on any atom is -0.493 e. The van der Waals surface area contributed by atoms with Crippen molar-refractivity contribution >= 4 is 5.95 Å². The van der Waals surface area contributed by atoms with Crippen LogP contribution in [0.25, 0.3) is 0 Å². The highest BCUT2D eigenvalue weighted by molar-refractivity contribution is 5.39. The zero-order valence-electron chi connectivity index (χ0n) is 9.54. The number of para-hydroxylation sites is 2. The molecule has 0 bridgehead atoms. The van der Waals surface area contributed by atoms with E-state index in [0.29, 0.717) is 24.7 Å². The van der Waals surface area contributed by atoms with Crippen molar-refractivity contribution < 1.29 is 9.47 Å². The van der Waals surface area contributed by atoms with E-state index >= 15 is 0 Å². The van der Waals surface area contributed by atoms with Crippen LogP contribution in [0, 0.1) is 0 Å². The minimum absolute atomic E-state index is 0.266. The Hall–Kier alpha value is -2.24. The minimum atomic E-state index is 0.266. The number of benzene rings is 1. The molecule has 0 saturated heterocycles. The van der Waals surface area contributed by atoms with Gasteiger partial charge in [-0.25, -0.2) is 9.67 Å². The fourth-order valence-electron chi connectivity index (χ4n) is 1.40. The second-order valence-corrected chi connectivity index (χ2v) is 3.37. The van der Waals surface area contributed by atoms with Gasteiger partial charge in [0.05, 0.1) is 13.7 Å². The lowest BCUT2D eigenvalue weighted by Gasteiger charge is -2.09. The molecule has 0 amide bonds. The van der Waals surface area contributed by atoms with E-state index in [0.717, 1.165) is 0 Å². The lowest BCUT2D eigenvalue weighted by atomic mass is 10.3. The van der Waals surface area contributed by atoms with E-state index in [2.05, 4.69) is 10.1 Å². The Morgan fingerprint density at radius 1 is 1.29 bits per heavy atom. The molecular formula is C11H14N4O2. The number of hydrogen-bond acceptors (Lipinski definition) is 5. The quantitative estimate of drug-likeness (QED) is 0.833. The van der Waals surface area contributed by atoms with E-state index in [1.165, 1.54) is 0 Å². The van der Waals surface area contributed by atoms with E-state index in [1.807, 2.05) is 24.3 Å².